The van der Waals surface area contributed by atoms with Gasteiger partial charge in [-0.3, -0.25) is 4.79 Å². The third-order valence-corrected chi connectivity index (χ3v) is 4.85. The summed E-state index contributed by atoms with van der Waals surface area (Å²) < 4.78 is 0. The van der Waals surface area contributed by atoms with Crippen molar-refractivity contribution in [2.45, 2.75) is 32.2 Å². The minimum atomic E-state index is 0.00875. The maximum Gasteiger partial charge on any atom is 0.270 e. The van der Waals surface area contributed by atoms with Crippen LogP contribution in [0.4, 0.5) is 0 Å². The number of carbonyl (C=O) groups excluding carboxylic acids is 1. The number of rotatable bonds is 2. The molecule has 1 aliphatic heterocycles. The molecule has 1 amide bonds. The fraction of sp³-hybridized carbons (Fsp3) is 0.429. The molecule has 2 aromatic heterocycles. The molecule has 0 saturated carbocycles. The second-order valence-electron chi connectivity index (χ2n) is 5.07. The normalized spacial score (nSPS) is 19.3. The van der Waals surface area contributed by atoms with E-state index in [0.29, 0.717) is 10.7 Å². The third-order valence-electron chi connectivity index (χ3n) is 3.56. The van der Waals surface area contributed by atoms with Gasteiger partial charge in [0.25, 0.3) is 5.91 Å². The summed E-state index contributed by atoms with van der Waals surface area (Å²) >= 11 is 7.52. The summed E-state index contributed by atoms with van der Waals surface area (Å²) in [6, 6.07) is 1.78. The molecule has 0 unspecified atom stereocenters. The van der Waals surface area contributed by atoms with Crippen LogP contribution in [0, 0.1) is 6.92 Å². The van der Waals surface area contributed by atoms with Crippen LogP contribution in [-0.4, -0.2) is 27.3 Å². The van der Waals surface area contributed by atoms with Gasteiger partial charge in [0.1, 0.15) is 10.7 Å². The first-order valence-corrected chi connectivity index (χ1v) is 7.98. The van der Waals surface area contributed by atoms with E-state index in [-0.39, 0.29) is 11.9 Å². The Bertz CT molecular complexity index is 621. The van der Waals surface area contributed by atoms with Crippen LogP contribution in [-0.2, 0) is 0 Å². The molecule has 20 heavy (non-hydrogen) atoms. The summed E-state index contributed by atoms with van der Waals surface area (Å²) in [6.45, 7) is 2.76. The first-order valence-electron chi connectivity index (χ1n) is 6.72. The number of nitrogens with zero attached hydrogens (tertiary/aromatic N) is 2. The molecule has 3 rings (SSSR count). The van der Waals surface area contributed by atoms with Gasteiger partial charge in [-0.05, 0) is 32.3 Å². The molecule has 6 heteroatoms. The summed E-state index contributed by atoms with van der Waals surface area (Å²) in [5.74, 6) is 0.00875. The zero-order chi connectivity index (χ0) is 14.1. The molecule has 1 atom stereocenters. The van der Waals surface area contributed by atoms with E-state index in [2.05, 4.69) is 9.97 Å². The Morgan fingerprint density at radius 2 is 2.40 bits per heavy atom. The Labute approximate surface area is 126 Å². The average molecular weight is 310 g/mol. The Morgan fingerprint density at radius 3 is 3.05 bits per heavy atom. The molecule has 1 saturated heterocycles. The Hall–Kier alpha value is -1.33. The molecule has 4 nitrogen and oxygen atoms in total. The van der Waals surface area contributed by atoms with Crippen molar-refractivity contribution in [2.24, 2.45) is 0 Å². The Morgan fingerprint density at radius 1 is 1.55 bits per heavy atom. The first-order chi connectivity index (χ1) is 9.65. The number of hydrogen-bond acceptors (Lipinski definition) is 3. The summed E-state index contributed by atoms with van der Waals surface area (Å²) in [6.07, 6.45) is 4.80. The largest absolute Gasteiger partial charge is 0.356 e. The molecule has 0 bridgehead atoms. The maximum atomic E-state index is 12.6. The lowest BCUT2D eigenvalue weighted by Crippen LogP contribution is -2.38. The van der Waals surface area contributed by atoms with Gasteiger partial charge >= 0.3 is 0 Å². The lowest BCUT2D eigenvalue weighted by Gasteiger charge is -2.34. The van der Waals surface area contributed by atoms with Gasteiger partial charge < -0.3 is 9.88 Å². The summed E-state index contributed by atoms with van der Waals surface area (Å²) in [4.78, 5) is 22.0. The molecular weight excluding hydrogens is 294 g/mol. The zero-order valence-corrected chi connectivity index (χ0v) is 12.8. The van der Waals surface area contributed by atoms with Crippen LogP contribution in [0.3, 0.4) is 0 Å². The van der Waals surface area contributed by atoms with Crippen molar-refractivity contribution in [3.63, 3.8) is 0 Å². The Balaban J connectivity index is 1.87. The molecule has 2 aromatic rings. The summed E-state index contributed by atoms with van der Waals surface area (Å²) in [7, 11) is 0. The lowest BCUT2D eigenvalue weighted by atomic mass is 10.0. The number of aromatic amines is 1. The smallest absolute Gasteiger partial charge is 0.270 e. The van der Waals surface area contributed by atoms with Crippen LogP contribution in [0.5, 0.6) is 0 Å². The number of amides is 1. The lowest BCUT2D eigenvalue weighted by molar-refractivity contribution is 0.0605. The fourth-order valence-electron chi connectivity index (χ4n) is 2.60. The van der Waals surface area contributed by atoms with E-state index >= 15 is 0 Å². The Kier molecular flexibility index (Phi) is 3.81. The van der Waals surface area contributed by atoms with Crippen molar-refractivity contribution in [1.29, 1.82) is 0 Å². The van der Waals surface area contributed by atoms with Gasteiger partial charge in [0, 0.05) is 23.8 Å². The monoisotopic (exact) mass is 309 g/mol. The van der Waals surface area contributed by atoms with Crippen molar-refractivity contribution in [1.82, 2.24) is 14.9 Å². The number of thiazole rings is 1. The van der Waals surface area contributed by atoms with Crippen molar-refractivity contribution in [3.05, 3.63) is 39.1 Å². The first kappa shape index (κ1) is 13.6. The van der Waals surface area contributed by atoms with E-state index in [0.717, 1.165) is 36.5 Å². The van der Waals surface area contributed by atoms with Crippen LogP contribution in [0.25, 0.3) is 0 Å². The molecule has 1 aliphatic rings. The molecule has 3 heterocycles. The van der Waals surface area contributed by atoms with Gasteiger partial charge in [-0.1, -0.05) is 11.6 Å². The van der Waals surface area contributed by atoms with Gasteiger partial charge in [-0.25, -0.2) is 4.98 Å². The van der Waals surface area contributed by atoms with E-state index < -0.39 is 0 Å². The highest BCUT2D eigenvalue weighted by Crippen LogP contribution is 2.33. The maximum absolute atomic E-state index is 12.6. The number of aryl methyl sites for hydroxylation is 1. The quantitative estimate of drug-likeness (QED) is 0.917. The highest BCUT2D eigenvalue weighted by molar-refractivity contribution is 7.09. The summed E-state index contributed by atoms with van der Waals surface area (Å²) in [5, 5.41) is 3.64. The standard InChI is InChI=1S/C14H16ClN3OS/c1-9-8-20-13(17-9)12-4-2-3-5-18(12)14(19)11-6-10(15)7-16-11/h6-8,12,16H,2-5H2,1H3/t12-/m1/s1. The predicted octanol–water partition coefficient (Wildman–Crippen LogP) is 3.80. The van der Waals surface area contributed by atoms with Gasteiger partial charge in [0.2, 0.25) is 0 Å². The fourth-order valence-corrected chi connectivity index (χ4v) is 3.71. The van der Waals surface area contributed by atoms with E-state index in [9.17, 15) is 4.79 Å². The van der Waals surface area contributed by atoms with E-state index in [4.69, 9.17) is 11.6 Å². The molecule has 0 aliphatic carbocycles. The van der Waals surface area contributed by atoms with Crippen LogP contribution < -0.4 is 0 Å². The number of halogens is 1. The highest BCUT2D eigenvalue weighted by atomic mass is 35.5. The molecule has 1 fully saturated rings. The van der Waals surface area contributed by atoms with Gasteiger partial charge in [-0.15, -0.1) is 11.3 Å². The van der Waals surface area contributed by atoms with E-state index in [1.165, 1.54) is 0 Å². The van der Waals surface area contributed by atoms with Gasteiger partial charge in [-0.2, -0.15) is 0 Å². The second kappa shape index (κ2) is 5.58. The number of H-pyrrole nitrogens is 1. The zero-order valence-electron chi connectivity index (χ0n) is 11.2. The van der Waals surface area contributed by atoms with Gasteiger partial charge in [0.15, 0.2) is 0 Å². The SMILES string of the molecule is Cc1csc([C@H]2CCCCN2C(=O)c2cc(Cl)c[nH]2)n1. The van der Waals surface area contributed by atoms with E-state index in [1.807, 2.05) is 17.2 Å². The number of hydrogen-bond donors (Lipinski definition) is 1. The number of carbonyl (C=O) groups is 1. The van der Waals surface area contributed by atoms with Crippen molar-refractivity contribution in [3.8, 4) is 0 Å². The van der Waals surface area contributed by atoms with Crippen LogP contribution >= 0.6 is 22.9 Å². The number of aromatic nitrogens is 2. The number of piperidine rings is 1. The van der Waals surface area contributed by atoms with Crippen LogP contribution in [0.1, 0.15) is 46.5 Å². The predicted molar refractivity (Wildman–Crippen MR) is 80.3 cm³/mol. The molecule has 106 valence electrons. The van der Waals surface area contributed by atoms with Crippen molar-refractivity contribution >= 4 is 28.8 Å². The van der Waals surface area contributed by atoms with Crippen LogP contribution in [0.15, 0.2) is 17.6 Å². The molecule has 0 spiro atoms. The third kappa shape index (κ3) is 2.60. The van der Waals surface area contributed by atoms with E-state index in [1.54, 1.807) is 23.6 Å². The number of nitrogens with one attached hydrogen (secondary N) is 1. The molecule has 0 aromatic carbocycles. The average Bonchev–Trinajstić information content (AvgIpc) is 3.07. The second-order valence-corrected chi connectivity index (χ2v) is 6.39. The van der Waals surface area contributed by atoms with Crippen LogP contribution in [0.2, 0.25) is 5.02 Å². The molecule has 1 N–H and O–H groups in total. The summed E-state index contributed by atoms with van der Waals surface area (Å²) in [5.41, 5.74) is 1.57. The minimum Gasteiger partial charge on any atom is -0.356 e. The van der Waals surface area contributed by atoms with Gasteiger partial charge in [0.05, 0.1) is 11.1 Å². The molecule has 0 radical (unpaired) electrons. The molecular formula is C14H16ClN3OS. The minimum absolute atomic E-state index is 0.00875. The highest BCUT2D eigenvalue weighted by Gasteiger charge is 2.31. The van der Waals surface area contributed by atoms with Crippen molar-refractivity contribution < 1.29 is 4.79 Å². The topological polar surface area (TPSA) is 49.0 Å². The van der Waals surface area contributed by atoms with Crippen molar-refractivity contribution in [2.75, 3.05) is 6.54 Å². The number of likely N-dealkylation sites (tertiary alicyclic amines) is 1.